The van der Waals surface area contributed by atoms with E-state index in [9.17, 15) is 0 Å². The van der Waals surface area contributed by atoms with Gasteiger partial charge in [0.2, 0.25) is 0 Å². The molecule has 90 valence electrons. The van der Waals surface area contributed by atoms with Gasteiger partial charge in [-0.3, -0.25) is 0 Å². The van der Waals surface area contributed by atoms with Gasteiger partial charge in [0.1, 0.15) is 0 Å². The van der Waals surface area contributed by atoms with Gasteiger partial charge >= 0.3 is 0 Å². The first-order valence-corrected chi connectivity index (χ1v) is 5.29. The van der Waals surface area contributed by atoms with E-state index in [1.807, 2.05) is 26.0 Å². The molecule has 0 aromatic heterocycles. The number of aliphatic hydroxyl groups excluding tert-OH is 1. The smallest absolute Gasteiger partial charge is 0.161 e. The lowest BCUT2D eigenvalue weighted by atomic mass is 10.1. The second-order valence-corrected chi connectivity index (χ2v) is 3.87. The number of hydrogen-bond donors (Lipinski definition) is 2. The highest BCUT2D eigenvalue weighted by atomic mass is 16.5. The van der Waals surface area contributed by atoms with Crippen LogP contribution in [0, 0.1) is 0 Å². The summed E-state index contributed by atoms with van der Waals surface area (Å²) in [6, 6.07) is 5.05. The summed E-state index contributed by atoms with van der Waals surface area (Å²) in [6.07, 6.45) is 0.0891. The predicted molar refractivity (Wildman–Crippen MR) is 62.8 cm³/mol. The van der Waals surface area contributed by atoms with Crippen molar-refractivity contribution in [3.8, 4) is 11.5 Å². The average Bonchev–Trinajstić information content (AvgIpc) is 2.27. The normalized spacial score (nSPS) is 12.6. The summed E-state index contributed by atoms with van der Waals surface area (Å²) >= 11 is 0. The van der Waals surface area contributed by atoms with Crippen molar-refractivity contribution in [3.05, 3.63) is 23.8 Å². The highest BCUT2D eigenvalue weighted by Crippen LogP contribution is 2.30. The minimum atomic E-state index is -0.387. The largest absolute Gasteiger partial charge is 0.493 e. The van der Waals surface area contributed by atoms with Crippen LogP contribution < -0.4 is 15.2 Å². The van der Waals surface area contributed by atoms with Gasteiger partial charge in [-0.2, -0.15) is 0 Å². The quantitative estimate of drug-likeness (QED) is 0.796. The van der Waals surface area contributed by atoms with Gasteiger partial charge in [-0.15, -0.1) is 0 Å². The fourth-order valence-electron chi connectivity index (χ4n) is 1.37. The van der Waals surface area contributed by atoms with Gasteiger partial charge in [-0.05, 0) is 31.5 Å². The standard InChI is InChI=1S/C12H19NO3/c1-8(2)16-11-5-4-9(10(13)7-14)6-12(11)15-3/h4-6,8,10,14H,7,13H2,1-3H3. The molecule has 0 aliphatic heterocycles. The molecule has 0 heterocycles. The van der Waals surface area contributed by atoms with Crippen molar-refractivity contribution >= 4 is 0 Å². The maximum atomic E-state index is 8.97. The number of aliphatic hydroxyl groups is 1. The SMILES string of the molecule is COc1cc(C(N)CO)ccc1OC(C)C. The molecule has 4 heteroatoms. The third-order valence-electron chi connectivity index (χ3n) is 2.18. The first-order chi connectivity index (χ1) is 7.58. The summed E-state index contributed by atoms with van der Waals surface area (Å²) < 4.78 is 10.8. The fourth-order valence-corrected chi connectivity index (χ4v) is 1.37. The lowest BCUT2D eigenvalue weighted by Crippen LogP contribution is -2.14. The van der Waals surface area contributed by atoms with E-state index in [2.05, 4.69) is 0 Å². The highest BCUT2D eigenvalue weighted by molar-refractivity contribution is 5.43. The van der Waals surface area contributed by atoms with Crippen LogP contribution in [0.2, 0.25) is 0 Å². The van der Waals surface area contributed by atoms with Gasteiger partial charge in [0.25, 0.3) is 0 Å². The maximum Gasteiger partial charge on any atom is 0.161 e. The fraction of sp³-hybridized carbons (Fsp3) is 0.500. The number of ether oxygens (including phenoxy) is 2. The Morgan fingerprint density at radius 2 is 2.00 bits per heavy atom. The summed E-state index contributed by atoms with van der Waals surface area (Å²) in [5.41, 5.74) is 6.55. The lowest BCUT2D eigenvalue weighted by molar-refractivity contribution is 0.229. The number of benzene rings is 1. The Kier molecular flexibility index (Phi) is 4.58. The van der Waals surface area contributed by atoms with Crippen molar-refractivity contribution in [2.75, 3.05) is 13.7 Å². The molecule has 1 atom stereocenters. The number of methoxy groups -OCH3 is 1. The Bertz CT molecular complexity index is 339. The molecule has 0 radical (unpaired) electrons. The van der Waals surface area contributed by atoms with Crippen LogP contribution in [0.4, 0.5) is 0 Å². The van der Waals surface area contributed by atoms with E-state index in [-0.39, 0.29) is 18.8 Å². The molecule has 1 unspecified atom stereocenters. The Morgan fingerprint density at radius 3 is 2.50 bits per heavy atom. The van der Waals surface area contributed by atoms with Crippen LogP contribution in [-0.2, 0) is 0 Å². The molecule has 1 aromatic carbocycles. The molecule has 0 fully saturated rings. The molecule has 0 saturated carbocycles. The van der Waals surface area contributed by atoms with Gasteiger partial charge in [-0.1, -0.05) is 6.07 Å². The topological polar surface area (TPSA) is 64.7 Å². The van der Waals surface area contributed by atoms with Gasteiger partial charge in [-0.25, -0.2) is 0 Å². The molecule has 0 amide bonds. The number of nitrogens with two attached hydrogens (primary N) is 1. The second kappa shape index (κ2) is 5.72. The zero-order valence-electron chi connectivity index (χ0n) is 9.93. The molecular weight excluding hydrogens is 206 g/mol. The monoisotopic (exact) mass is 225 g/mol. The van der Waals surface area contributed by atoms with E-state index in [0.29, 0.717) is 11.5 Å². The molecule has 16 heavy (non-hydrogen) atoms. The van der Waals surface area contributed by atoms with E-state index in [0.717, 1.165) is 5.56 Å². The van der Waals surface area contributed by atoms with Crippen LogP contribution in [0.25, 0.3) is 0 Å². The minimum absolute atomic E-state index is 0.0891. The minimum Gasteiger partial charge on any atom is -0.493 e. The van der Waals surface area contributed by atoms with Crippen LogP contribution in [0.3, 0.4) is 0 Å². The molecule has 3 N–H and O–H groups in total. The molecule has 0 spiro atoms. The molecule has 0 bridgehead atoms. The van der Waals surface area contributed by atoms with E-state index in [1.165, 1.54) is 0 Å². The summed E-state index contributed by atoms with van der Waals surface area (Å²) in [7, 11) is 1.58. The third kappa shape index (κ3) is 3.12. The van der Waals surface area contributed by atoms with Crippen molar-refractivity contribution in [2.45, 2.75) is 26.0 Å². The Hall–Kier alpha value is -1.26. The Labute approximate surface area is 96.0 Å². The maximum absolute atomic E-state index is 8.97. The van der Waals surface area contributed by atoms with E-state index in [1.54, 1.807) is 13.2 Å². The average molecular weight is 225 g/mol. The summed E-state index contributed by atoms with van der Waals surface area (Å²) in [6.45, 7) is 3.81. The molecule has 1 aromatic rings. The van der Waals surface area contributed by atoms with Gasteiger partial charge in [0, 0.05) is 0 Å². The van der Waals surface area contributed by atoms with Gasteiger partial charge in [0.15, 0.2) is 11.5 Å². The van der Waals surface area contributed by atoms with E-state index >= 15 is 0 Å². The summed E-state index contributed by atoms with van der Waals surface area (Å²) in [4.78, 5) is 0. The van der Waals surface area contributed by atoms with Crippen molar-refractivity contribution in [1.82, 2.24) is 0 Å². The Balaban J connectivity index is 2.97. The molecule has 1 rings (SSSR count). The molecule has 0 aliphatic carbocycles. The highest BCUT2D eigenvalue weighted by Gasteiger charge is 2.11. The van der Waals surface area contributed by atoms with E-state index in [4.69, 9.17) is 20.3 Å². The lowest BCUT2D eigenvalue weighted by Gasteiger charge is -2.16. The summed E-state index contributed by atoms with van der Waals surface area (Å²) in [5.74, 6) is 1.32. The van der Waals surface area contributed by atoms with Crippen molar-refractivity contribution in [3.63, 3.8) is 0 Å². The molecule has 4 nitrogen and oxygen atoms in total. The van der Waals surface area contributed by atoms with Crippen molar-refractivity contribution < 1.29 is 14.6 Å². The Morgan fingerprint density at radius 1 is 1.31 bits per heavy atom. The second-order valence-electron chi connectivity index (χ2n) is 3.87. The third-order valence-corrected chi connectivity index (χ3v) is 2.18. The van der Waals surface area contributed by atoms with Crippen molar-refractivity contribution in [2.24, 2.45) is 5.73 Å². The molecule has 0 saturated heterocycles. The van der Waals surface area contributed by atoms with Crippen LogP contribution in [-0.4, -0.2) is 24.9 Å². The first-order valence-electron chi connectivity index (χ1n) is 5.29. The summed E-state index contributed by atoms with van der Waals surface area (Å²) in [5, 5.41) is 8.97. The van der Waals surface area contributed by atoms with Crippen LogP contribution in [0.5, 0.6) is 11.5 Å². The molecular formula is C12H19NO3. The molecule has 0 aliphatic rings. The zero-order valence-corrected chi connectivity index (χ0v) is 9.93. The van der Waals surface area contributed by atoms with E-state index < -0.39 is 0 Å². The number of rotatable bonds is 5. The van der Waals surface area contributed by atoms with Gasteiger partial charge < -0.3 is 20.3 Å². The first kappa shape index (κ1) is 12.8. The van der Waals surface area contributed by atoms with Gasteiger partial charge in [0.05, 0.1) is 25.9 Å². The zero-order chi connectivity index (χ0) is 12.1. The predicted octanol–water partition coefficient (Wildman–Crippen LogP) is 1.47. The van der Waals surface area contributed by atoms with Crippen molar-refractivity contribution in [1.29, 1.82) is 0 Å². The van der Waals surface area contributed by atoms with Crippen LogP contribution >= 0.6 is 0 Å². The van der Waals surface area contributed by atoms with Crippen LogP contribution in [0.15, 0.2) is 18.2 Å². The van der Waals surface area contributed by atoms with Crippen LogP contribution in [0.1, 0.15) is 25.5 Å². The number of hydrogen-bond acceptors (Lipinski definition) is 4.